The molecule has 7 heteroatoms. The number of rotatable bonds is 7. The van der Waals surface area contributed by atoms with E-state index in [9.17, 15) is 0 Å². The molecule has 0 aliphatic rings. The fourth-order valence-corrected chi connectivity index (χ4v) is 2.99. The molecule has 130 valence electrons. The number of hydrogen-bond acceptors (Lipinski definition) is 5. The van der Waals surface area contributed by atoms with Gasteiger partial charge in [0.1, 0.15) is 11.6 Å². The first-order valence-corrected chi connectivity index (χ1v) is 8.42. The topological polar surface area (TPSA) is 86.4 Å². The van der Waals surface area contributed by atoms with Crippen LogP contribution in [0.1, 0.15) is 29.1 Å². The van der Waals surface area contributed by atoms with E-state index in [1.807, 2.05) is 61.2 Å². The molecule has 0 radical (unpaired) electrons. The fraction of sp³-hybridized carbons (Fsp3) is 0.158. The van der Waals surface area contributed by atoms with Crippen LogP contribution in [-0.2, 0) is 13.1 Å². The SMILES string of the molecule is c1ccc(C(c2ccccn2)N(Cc2ncc[nH]2)Cc2ncc[nH]2)nc1. The Morgan fingerprint density at radius 1 is 0.692 bits per heavy atom. The molecule has 2 N–H and O–H groups in total. The number of nitrogens with zero attached hydrogens (tertiary/aromatic N) is 5. The maximum absolute atomic E-state index is 4.59. The number of H-pyrrole nitrogens is 2. The highest BCUT2D eigenvalue weighted by Gasteiger charge is 2.26. The zero-order chi connectivity index (χ0) is 17.6. The Labute approximate surface area is 151 Å². The third kappa shape index (κ3) is 3.68. The summed E-state index contributed by atoms with van der Waals surface area (Å²) in [6, 6.07) is 11.8. The lowest BCUT2D eigenvalue weighted by molar-refractivity contribution is 0.191. The molecular weight excluding hydrogens is 326 g/mol. The summed E-state index contributed by atoms with van der Waals surface area (Å²) in [6.45, 7) is 1.23. The first kappa shape index (κ1) is 16.2. The third-order valence-corrected chi connectivity index (χ3v) is 4.12. The van der Waals surface area contributed by atoms with Crippen molar-refractivity contribution in [2.75, 3.05) is 0 Å². The van der Waals surface area contributed by atoms with Gasteiger partial charge >= 0.3 is 0 Å². The van der Waals surface area contributed by atoms with E-state index in [2.05, 4.69) is 34.8 Å². The van der Waals surface area contributed by atoms with Gasteiger partial charge in [0.05, 0.1) is 30.5 Å². The highest BCUT2D eigenvalue weighted by molar-refractivity contribution is 5.22. The molecule has 0 amide bonds. The molecule has 4 aromatic heterocycles. The van der Waals surface area contributed by atoms with Crippen LogP contribution >= 0.6 is 0 Å². The zero-order valence-corrected chi connectivity index (χ0v) is 14.2. The first-order chi connectivity index (χ1) is 12.9. The van der Waals surface area contributed by atoms with E-state index in [0.717, 1.165) is 23.0 Å². The van der Waals surface area contributed by atoms with Crippen LogP contribution in [0.2, 0.25) is 0 Å². The summed E-state index contributed by atoms with van der Waals surface area (Å²) in [6.07, 6.45) is 10.8. The molecule has 0 saturated heterocycles. The Balaban J connectivity index is 1.74. The largest absolute Gasteiger partial charge is 0.348 e. The van der Waals surface area contributed by atoms with Crippen LogP contribution in [0.25, 0.3) is 0 Å². The Hall–Kier alpha value is -3.32. The quantitative estimate of drug-likeness (QED) is 0.538. The second-order valence-corrected chi connectivity index (χ2v) is 5.89. The Bertz CT molecular complexity index is 814. The first-order valence-electron chi connectivity index (χ1n) is 8.42. The molecule has 26 heavy (non-hydrogen) atoms. The number of imidazole rings is 2. The van der Waals surface area contributed by atoms with E-state index >= 15 is 0 Å². The van der Waals surface area contributed by atoms with Gasteiger partial charge < -0.3 is 9.97 Å². The van der Waals surface area contributed by atoms with Crippen molar-refractivity contribution in [1.82, 2.24) is 34.8 Å². The van der Waals surface area contributed by atoms with Crippen molar-refractivity contribution in [2.24, 2.45) is 0 Å². The fourth-order valence-electron chi connectivity index (χ4n) is 2.99. The van der Waals surface area contributed by atoms with E-state index in [1.165, 1.54) is 0 Å². The summed E-state index contributed by atoms with van der Waals surface area (Å²) in [4.78, 5) is 26.6. The highest BCUT2D eigenvalue weighted by atomic mass is 15.2. The molecule has 0 aliphatic heterocycles. The lowest BCUT2D eigenvalue weighted by atomic mass is 10.1. The second-order valence-electron chi connectivity index (χ2n) is 5.89. The maximum Gasteiger partial charge on any atom is 0.120 e. The zero-order valence-electron chi connectivity index (χ0n) is 14.2. The lowest BCUT2D eigenvalue weighted by Gasteiger charge is -2.29. The van der Waals surface area contributed by atoms with E-state index in [4.69, 9.17) is 0 Å². The van der Waals surface area contributed by atoms with Crippen molar-refractivity contribution in [1.29, 1.82) is 0 Å². The van der Waals surface area contributed by atoms with Gasteiger partial charge in [-0.2, -0.15) is 0 Å². The lowest BCUT2D eigenvalue weighted by Crippen LogP contribution is -2.31. The van der Waals surface area contributed by atoms with Crippen molar-refractivity contribution < 1.29 is 0 Å². The molecule has 4 heterocycles. The summed E-state index contributed by atoms with van der Waals surface area (Å²) in [5.74, 6) is 1.77. The van der Waals surface area contributed by atoms with Crippen molar-refractivity contribution in [3.05, 3.63) is 96.6 Å². The maximum atomic E-state index is 4.59. The van der Waals surface area contributed by atoms with Crippen LogP contribution in [0.3, 0.4) is 0 Å². The number of pyridine rings is 2. The minimum absolute atomic E-state index is 0.118. The smallest absolute Gasteiger partial charge is 0.120 e. The number of hydrogen-bond donors (Lipinski definition) is 2. The van der Waals surface area contributed by atoms with Crippen molar-refractivity contribution in [3.63, 3.8) is 0 Å². The monoisotopic (exact) mass is 345 g/mol. The Kier molecular flexibility index (Phi) is 4.79. The van der Waals surface area contributed by atoms with Gasteiger partial charge in [0.2, 0.25) is 0 Å². The Morgan fingerprint density at radius 2 is 1.23 bits per heavy atom. The van der Waals surface area contributed by atoms with Gasteiger partial charge in [-0.05, 0) is 24.3 Å². The van der Waals surface area contributed by atoms with Crippen LogP contribution in [0.15, 0.2) is 73.6 Å². The standard InChI is InChI=1S/C19H19N7/c1-3-7-20-15(5-1)19(16-6-2-4-8-21-16)26(13-17-22-9-10-23-17)14-18-24-11-12-25-18/h1-12,19H,13-14H2,(H,22,23)(H,24,25). The van der Waals surface area contributed by atoms with Gasteiger partial charge in [-0.15, -0.1) is 0 Å². The van der Waals surface area contributed by atoms with Gasteiger partial charge in [-0.3, -0.25) is 14.9 Å². The number of aromatic amines is 2. The summed E-state index contributed by atoms with van der Waals surface area (Å²) in [5.41, 5.74) is 1.87. The molecule has 0 unspecified atom stereocenters. The molecule has 0 atom stereocenters. The normalized spacial score (nSPS) is 11.3. The Morgan fingerprint density at radius 3 is 1.62 bits per heavy atom. The van der Waals surface area contributed by atoms with Gasteiger partial charge in [0.15, 0.2) is 0 Å². The van der Waals surface area contributed by atoms with E-state index < -0.39 is 0 Å². The van der Waals surface area contributed by atoms with Crippen molar-refractivity contribution in [2.45, 2.75) is 19.1 Å². The van der Waals surface area contributed by atoms with E-state index in [0.29, 0.717) is 13.1 Å². The molecular formula is C19H19N7. The number of nitrogens with one attached hydrogen (secondary N) is 2. The van der Waals surface area contributed by atoms with E-state index in [1.54, 1.807) is 12.4 Å². The molecule has 0 bridgehead atoms. The van der Waals surface area contributed by atoms with Gasteiger partial charge in [0.25, 0.3) is 0 Å². The van der Waals surface area contributed by atoms with Gasteiger partial charge in [-0.1, -0.05) is 12.1 Å². The summed E-state index contributed by atoms with van der Waals surface area (Å²) in [5, 5.41) is 0. The van der Waals surface area contributed by atoms with Crippen LogP contribution in [-0.4, -0.2) is 34.8 Å². The van der Waals surface area contributed by atoms with Gasteiger partial charge in [-0.25, -0.2) is 9.97 Å². The predicted octanol–water partition coefficient (Wildman–Crippen LogP) is 2.71. The van der Waals surface area contributed by atoms with Crippen LogP contribution in [0.4, 0.5) is 0 Å². The summed E-state index contributed by atoms with van der Waals surface area (Å²) >= 11 is 0. The minimum Gasteiger partial charge on any atom is -0.348 e. The average Bonchev–Trinajstić information content (AvgIpc) is 3.38. The van der Waals surface area contributed by atoms with Gasteiger partial charge in [0, 0.05) is 37.2 Å². The number of aromatic nitrogens is 6. The minimum atomic E-state index is -0.118. The molecule has 0 fully saturated rings. The average molecular weight is 345 g/mol. The molecule has 0 aliphatic carbocycles. The second kappa shape index (κ2) is 7.71. The van der Waals surface area contributed by atoms with Crippen LogP contribution in [0, 0.1) is 0 Å². The summed E-state index contributed by atoms with van der Waals surface area (Å²) in [7, 11) is 0. The van der Waals surface area contributed by atoms with Crippen LogP contribution < -0.4 is 0 Å². The van der Waals surface area contributed by atoms with E-state index in [-0.39, 0.29) is 6.04 Å². The molecule has 0 spiro atoms. The van der Waals surface area contributed by atoms with Crippen LogP contribution in [0.5, 0.6) is 0 Å². The molecule has 4 rings (SSSR count). The molecule has 0 saturated carbocycles. The summed E-state index contributed by atoms with van der Waals surface area (Å²) < 4.78 is 0. The third-order valence-electron chi connectivity index (χ3n) is 4.12. The predicted molar refractivity (Wildman–Crippen MR) is 96.7 cm³/mol. The highest BCUT2D eigenvalue weighted by Crippen LogP contribution is 2.28. The molecule has 4 aromatic rings. The molecule has 7 nitrogen and oxygen atoms in total. The van der Waals surface area contributed by atoms with Crippen molar-refractivity contribution in [3.8, 4) is 0 Å². The molecule has 0 aromatic carbocycles. The van der Waals surface area contributed by atoms with Crippen molar-refractivity contribution >= 4 is 0 Å².